The van der Waals surface area contributed by atoms with Crippen LogP contribution >= 0.6 is 0 Å². The number of nitrogens with zero attached hydrogens (tertiary/aromatic N) is 2. The molecule has 0 saturated heterocycles. The van der Waals surface area contributed by atoms with Crippen LogP contribution in [0.1, 0.15) is 29.1 Å². The summed E-state index contributed by atoms with van der Waals surface area (Å²) in [5, 5.41) is 0. The SMILES string of the molecule is Cc1ccc(C[S@@](=O)Cc2nccn2C(F)F)cc1C. The average molecular weight is 298 g/mol. The molecular weight excluding hydrogens is 282 g/mol. The quantitative estimate of drug-likeness (QED) is 0.848. The second kappa shape index (κ2) is 6.26. The van der Waals surface area contributed by atoms with Crippen molar-refractivity contribution in [2.45, 2.75) is 31.9 Å². The summed E-state index contributed by atoms with van der Waals surface area (Å²) in [4.78, 5) is 3.84. The molecule has 0 N–H and O–H groups in total. The van der Waals surface area contributed by atoms with Gasteiger partial charge in [-0.05, 0) is 30.5 Å². The minimum Gasteiger partial charge on any atom is -0.277 e. The summed E-state index contributed by atoms with van der Waals surface area (Å²) < 4.78 is 38.1. The van der Waals surface area contributed by atoms with Crippen LogP contribution < -0.4 is 0 Å². The van der Waals surface area contributed by atoms with Crippen molar-refractivity contribution in [1.82, 2.24) is 9.55 Å². The Morgan fingerprint density at radius 2 is 2.00 bits per heavy atom. The molecule has 0 spiro atoms. The Morgan fingerprint density at radius 1 is 1.25 bits per heavy atom. The molecule has 2 rings (SSSR count). The molecule has 1 atom stereocenters. The van der Waals surface area contributed by atoms with E-state index in [0.717, 1.165) is 15.7 Å². The van der Waals surface area contributed by atoms with Gasteiger partial charge in [0.1, 0.15) is 5.82 Å². The van der Waals surface area contributed by atoms with Gasteiger partial charge in [-0.25, -0.2) is 4.98 Å². The number of aryl methyl sites for hydroxylation is 2. The van der Waals surface area contributed by atoms with Gasteiger partial charge >= 0.3 is 6.55 Å². The van der Waals surface area contributed by atoms with E-state index in [1.54, 1.807) is 0 Å². The van der Waals surface area contributed by atoms with Crippen LogP contribution in [0.5, 0.6) is 0 Å². The van der Waals surface area contributed by atoms with Gasteiger partial charge in [0.05, 0.1) is 5.75 Å². The Balaban J connectivity index is 2.05. The lowest BCUT2D eigenvalue weighted by molar-refractivity contribution is 0.0677. The fourth-order valence-electron chi connectivity index (χ4n) is 1.91. The zero-order chi connectivity index (χ0) is 14.7. The Labute approximate surface area is 119 Å². The van der Waals surface area contributed by atoms with E-state index in [4.69, 9.17) is 0 Å². The zero-order valence-corrected chi connectivity index (χ0v) is 12.2. The molecular formula is C14H16F2N2OS. The van der Waals surface area contributed by atoms with Gasteiger partial charge in [0.15, 0.2) is 0 Å². The molecule has 0 aliphatic carbocycles. The standard InChI is InChI=1S/C14H16F2N2OS/c1-10-3-4-12(7-11(10)2)8-20(19)9-13-17-5-6-18(13)14(15)16/h3-7,14H,8-9H2,1-2H3/t20-/m1/s1. The Hall–Kier alpha value is -1.56. The van der Waals surface area contributed by atoms with E-state index in [1.165, 1.54) is 18.0 Å². The summed E-state index contributed by atoms with van der Waals surface area (Å²) in [6, 6.07) is 5.87. The fourth-order valence-corrected chi connectivity index (χ4v) is 3.07. The number of alkyl halides is 2. The molecule has 6 heteroatoms. The molecule has 108 valence electrons. The van der Waals surface area contributed by atoms with Gasteiger partial charge in [0.2, 0.25) is 0 Å². The maximum atomic E-state index is 12.7. The van der Waals surface area contributed by atoms with Crippen LogP contribution in [-0.4, -0.2) is 13.8 Å². The first-order valence-corrected chi connectivity index (χ1v) is 7.67. The minimum absolute atomic E-state index is 0.0320. The van der Waals surface area contributed by atoms with Crippen molar-refractivity contribution >= 4 is 10.8 Å². The summed E-state index contributed by atoms with van der Waals surface area (Å²) in [5.74, 6) is 0.531. The van der Waals surface area contributed by atoms with Gasteiger partial charge in [-0.1, -0.05) is 18.2 Å². The van der Waals surface area contributed by atoms with E-state index in [9.17, 15) is 13.0 Å². The van der Waals surface area contributed by atoms with E-state index in [2.05, 4.69) is 4.98 Å². The molecule has 0 aliphatic rings. The van der Waals surface area contributed by atoms with Crippen LogP contribution in [0, 0.1) is 13.8 Å². The lowest BCUT2D eigenvalue weighted by Crippen LogP contribution is -2.08. The van der Waals surface area contributed by atoms with Crippen molar-refractivity contribution in [3.63, 3.8) is 0 Å². The molecule has 0 aliphatic heterocycles. The largest absolute Gasteiger partial charge is 0.319 e. The van der Waals surface area contributed by atoms with Gasteiger partial charge in [0, 0.05) is 28.9 Å². The molecule has 2 aromatic rings. The molecule has 0 fully saturated rings. The van der Waals surface area contributed by atoms with E-state index in [0.29, 0.717) is 5.75 Å². The summed E-state index contributed by atoms with van der Waals surface area (Å²) >= 11 is 0. The highest BCUT2D eigenvalue weighted by Gasteiger charge is 2.14. The molecule has 0 radical (unpaired) electrons. The predicted octanol–water partition coefficient (Wildman–Crippen LogP) is 3.34. The van der Waals surface area contributed by atoms with Crippen molar-refractivity contribution < 1.29 is 13.0 Å². The van der Waals surface area contributed by atoms with Crippen molar-refractivity contribution in [3.8, 4) is 0 Å². The number of rotatable bonds is 5. The first-order chi connectivity index (χ1) is 9.47. The third-order valence-corrected chi connectivity index (χ3v) is 4.38. The topological polar surface area (TPSA) is 34.9 Å². The smallest absolute Gasteiger partial charge is 0.277 e. The second-order valence-corrected chi connectivity index (χ2v) is 6.13. The van der Waals surface area contributed by atoms with Gasteiger partial charge in [-0.3, -0.25) is 8.78 Å². The van der Waals surface area contributed by atoms with Gasteiger partial charge in [-0.2, -0.15) is 8.78 Å². The highest BCUT2D eigenvalue weighted by Crippen LogP contribution is 2.16. The first kappa shape index (κ1) is 14.8. The molecule has 0 amide bonds. The van der Waals surface area contributed by atoms with E-state index < -0.39 is 17.3 Å². The average Bonchev–Trinajstić information content (AvgIpc) is 2.82. The summed E-state index contributed by atoms with van der Waals surface area (Å²) in [7, 11) is -1.26. The molecule has 1 heterocycles. The number of benzene rings is 1. The second-order valence-electron chi connectivity index (χ2n) is 4.68. The summed E-state index contributed by atoms with van der Waals surface area (Å²) in [6.45, 7) is 1.35. The van der Waals surface area contributed by atoms with E-state index >= 15 is 0 Å². The molecule has 0 bridgehead atoms. The monoisotopic (exact) mass is 298 g/mol. The maximum absolute atomic E-state index is 12.7. The third-order valence-electron chi connectivity index (χ3n) is 3.15. The third kappa shape index (κ3) is 3.50. The highest BCUT2D eigenvalue weighted by molar-refractivity contribution is 7.83. The molecule has 0 unspecified atom stereocenters. The zero-order valence-electron chi connectivity index (χ0n) is 11.3. The van der Waals surface area contributed by atoms with Crippen molar-refractivity contribution in [3.05, 3.63) is 53.1 Å². The number of imidazole rings is 1. The van der Waals surface area contributed by atoms with Crippen LogP contribution in [0.15, 0.2) is 30.6 Å². The number of hydrogen-bond donors (Lipinski definition) is 0. The van der Waals surface area contributed by atoms with Gasteiger partial charge < -0.3 is 0 Å². The lowest BCUT2D eigenvalue weighted by Gasteiger charge is -2.07. The summed E-state index contributed by atoms with van der Waals surface area (Å²) in [5.41, 5.74) is 3.25. The maximum Gasteiger partial charge on any atom is 0.319 e. The first-order valence-electron chi connectivity index (χ1n) is 6.18. The fraction of sp³-hybridized carbons (Fsp3) is 0.357. The molecule has 1 aromatic carbocycles. The van der Waals surface area contributed by atoms with Crippen LogP contribution in [0.3, 0.4) is 0 Å². The molecule has 0 saturated carbocycles. The van der Waals surface area contributed by atoms with Crippen molar-refractivity contribution in [1.29, 1.82) is 0 Å². The van der Waals surface area contributed by atoms with Crippen LogP contribution in [0.2, 0.25) is 0 Å². The number of halogens is 2. The van der Waals surface area contributed by atoms with E-state index in [1.807, 2.05) is 32.0 Å². The van der Waals surface area contributed by atoms with Gasteiger partial charge in [-0.15, -0.1) is 0 Å². The molecule has 20 heavy (non-hydrogen) atoms. The van der Waals surface area contributed by atoms with Crippen molar-refractivity contribution in [2.75, 3.05) is 0 Å². The molecule has 1 aromatic heterocycles. The van der Waals surface area contributed by atoms with Crippen LogP contribution in [0.4, 0.5) is 8.78 Å². The van der Waals surface area contributed by atoms with Crippen molar-refractivity contribution in [2.24, 2.45) is 0 Å². The van der Waals surface area contributed by atoms with E-state index in [-0.39, 0.29) is 11.6 Å². The molecule has 3 nitrogen and oxygen atoms in total. The highest BCUT2D eigenvalue weighted by atomic mass is 32.2. The number of aromatic nitrogens is 2. The lowest BCUT2D eigenvalue weighted by atomic mass is 10.1. The summed E-state index contributed by atoms with van der Waals surface area (Å²) in [6.07, 6.45) is 2.50. The number of hydrogen-bond acceptors (Lipinski definition) is 2. The minimum atomic E-state index is -2.65. The Kier molecular flexibility index (Phi) is 4.65. The predicted molar refractivity (Wildman–Crippen MR) is 74.9 cm³/mol. The van der Waals surface area contributed by atoms with Crippen LogP contribution in [0.25, 0.3) is 0 Å². The Morgan fingerprint density at radius 3 is 2.65 bits per heavy atom. The Bertz CT molecular complexity index is 625. The normalized spacial score (nSPS) is 12.8. The van der Waals surface area contributed by atoms with Gasteiger partial charge in [0.25, 0.3) is 0 Å². The van der Waals surface area contributed by atoms with Crippen LogP contribution in [-0.2, 0) is 22.3 Å².